The van der Waals surface area contributed by atoms with E-state index in [2.05, 4.69) is 0 Å². The van der Waals surface area contributed by atoms with Crippen LogP contribution in [0.2, 0.25) is 5.02 Å². The lowest BCUT2D eigenvalue weighted by Gasteiger charge is -2.37. The number of likely N-dealkylation sites (tertiary alicyclic amines) is 1. The largest absolute Gasteiger partial charge is 0.451 e. The van der Waals surface area contributed by atoms with Gasteiger partial charge in [0, 0.05) is 12.1 Å². The van der Waals surface area contributed by atoms with E-state index in [-0.39, 0.29) is 18.2 Å². The maximum absolute atomic E-state index is 13.0. The Morgan fingerprint density at radius 3 is 2.68 bits per heavy atom. The molecule has 0 saturated carbocycles. The van der Waals surface area contributed by atoms with Crippen molar-refractivity contribution in [2.75, 3.05) is 19.8 Å². The summed E-state index contributed by atoms with van der Waals surface area (Å²) in [5, 5.41) is 0.597. The zero-order valence-corrected chi connectivity index (χ0v) is 14.6. The molecule has 25 heavy (non-hydrogen) atoms. The highest BCUT2D eigenvalue weighted by Crippen LogP contribution is 2.31. The van der Waals surface area contributed by atoms with Crippen molar-refractivity contribution in [3.8, 4) is 11.3 Å². The van der Waals surface area contributed by atoms with Crippen LogP contribution < -0.4 is 0 Å². The average molecular weight is 362 g/mol. The summed E-state index contributed by atoms with van der Waals surface area (Å²) in [5.41, 5.74) is 0.779. The van der Waals surface area contributed by atoms with E-state index in [4.69, 9.17) is 25.5 Å². The van der Waals surface area contributed by atoms with Gasteiger partial charge in [0.15, 0.2) is 12.1 Å². The summed E-state index contributed by atoms with van der Waals surface area (Å²) in [5.74, 6) is 0.790. The molecular formula is C19H20ClNO4. The molecule has 2 saturated heterocycles. The Hall–Kier alpha value is -1.82. The summed E-state index contributed by atoms with van der Waals surface area (Å²) in [6.45, 7) is 1.86. The van der Waals surface area contributed by atoms with E-state index < -0.39 is 0 Å². The lowest BCUT2D eigenvalue weighted by atomic mass is 10.0. The second-order valence-corrected chi connectivity index (χ2v) is 6.72. The Labute approximate surface area is 151 Å². The van der Waals surface area contributed by atoms with Gasteiger partial charge in [-0.2, -0.15) is 0 Å². The number of benzene rings is 1. The molecule has 0 spiro atoms. The molecule has 0 N–H and O–H groups in total. The highest BCUT2D eigenvalue weighted by Gasteiger charge is 2.37. The van der Waals surface area contributed by atoms with Crippen LogP contribution in [0.4, 0.5) is 0 Å². The molecule has 0 bridgehead atoms. The predicted molar refractivity (Wildman–Crippen MR) is 93.5 cm³/mol. The quantitative estimate of drug-likeness (QED) is 0.830. The van der Waals surface area contributed by atoms with Crippen LogP contribution in [0, 0.1) is 0 Å². The van der Waals surface area contributed by atoms with Crippen molar-refractivity contribution in [1.82, 2.24) is 4.90 Å². The van der Waals surface area contributed by atoms with Crippen LogP contribution in [-0.2, 0) is 9.47 Å². The molecule has 1 atom stereocenters. The fourth-order valence-electron chi connectivity index (χ4n) is 3.49. The van der Waals surface area contributed by atoms with Crippen molar-refractivity contribution in [2.45, 2.75) is 31.6 Å². The molecule has 5 nitrogen and oxygen atoms in total. The molecule has 2 aromatic rings. The number of hydrogen-bond donors (Lipinski definition) is 0. The van der Waals surface area contributed by atoms with Crippen LogP contribution in [0.1, 0.15) is 29.8 Å². The van der Waals surface area contributed by atoms with Crippen LogP contribution in [0.15, 0.2) is 40.8 Å². The normalized spacial score (nSPS) is 21.6. The molecule has 1 amide bonds. The second-order valence-electron chi connectivity index (χ2n) is 6.32. The number of nitrogens with zero attached hydrogens (tertiary/aromatic N) is 1. The van der Waals surface area contributed by atoms with Gasteiger partial charge in [0.1, 0.15) is 5.76 Å². The zero-order valence-electron chi connectivity index (χ0n) is 13.8. The van der Waals surface area contributed by atoms with Crippen LogP contribution in [-0.4, -0.2) is 42.9 Å². The lowest BCUT2D eigenvalue weighted by Crippen LogP contribution is -2.50. The summed E-state index contributed by atoms with van der Waals surface area (Å²) in [6, 6.07) is 10.9. The molecule has 2 fully saturated rings. The molecule has 1 unspecified atom stereocenters. The molecule has 3 heterocycles. The Kier molecular flexibility index (Phi) is 4.79. The van der Waals surface area contributed by atoms with Gasteiger partial charge in [0.05, 0.1) is 24.3 Å². The predicted octanol–water partition coefficient (Wildman–Crippen LogP) is 3.97. The fraction of sp³-hybridized carbons (Fsp3) is 0.421. The Bertz CT molecular complexity index is 753. The van der Waals surface area contributed by atoms with Crippen molar-refractivity contribution in [3.05, 3.63) is 47.2 Å². The zero-order chi connectivity index (χ0) is 17.2. The van der Waals surface area contributed by atoms with Crippen molar-refractivity contribution in [2.24, 2.45) is 0 Å². The molecule has 2 aliphatic rings. The van der Waals surface area contributed by atoms with Gasteiger partial charge in [-0.05, 0) is 43.5 Å². The van der Waals surface area contributed by atoms with E-state index in [9.17, 15) is 4.79 Å². The van der Waals surface area contributed by atoms with Gasteiger partial charge in [-0.1, -0.05) is 23.7 Å². The number of piperidine rings is 1. The van der Waals surface area contributed by atoms with Gasteiger partial charge < -0.3 is 18.8 Å². The summed E-state index contributed by atoms with van der Waals surface area (Å²) in [7, 11) is 0. The standard InChI is InChI=1S/C19H20ClNO4/c20-14-6-2-1-5-13(14)16-8-9-17(25-16)18(22)21-10-4-3-7-15(21)19-23-11-12-24-19/h1-2,5-6,8-9,15,19H,3-4,7,10-12H2. The van der Waals surface area contributed by atoms with Crippen LogP contribution in [0.25, 0.3) is 11.3 Å². The minimum Gasteiger partial charge on any atom is -0.451 e. The van der Waals surface area contributed by atoms with Gasteiger partial charge in [-0.15, -0.1) is 0 Å². The van der Waals surface area contributed by atoms with Crippen molar-refractivity contribution in [3.63, 3.8) is 0 Å². The first kappa shape index (κ1) is 16.6. The molecule has 0 radical (unpaired) electrons. The maximum Gasteiger partial charge on any atom is 0.290 e. The van der Waals surface area contributed by atoms with Gasteiger partial charge in [0.25, 0.3) is 5.91 Å². The first-order valence-electron chi connectivity index (χ1n) is 8.63. The number of rotatable bonds is 3. The average Bonchev–Trinajstić information content (AvgIpc) is 3.34. The number of furan rings is 1. The van der Waals surface area contributed by atoms with Crippen molar-refractivity contribution in [1.29, 1.82) is 0 Å². The van der Waals surface area contributed by atoms with E-state index in [1.54, 1.807) is 18.2 Å². The van der Waals surface area contributed by atoms with Gasteiger partial charge in [-0.3, -0.25) is 4.79 Å². The van der Waals surface area contributed by atoms with Crippen molar-refractivity contribution >= 4 is 17.5 Å². The van der Waals surface area contributed by atoms with E-state index in [1.807, 2.05) is 23.1 Å². The number of carbonyl (C=O) groups is 1. The van der Waals surface area contributed by atoms with E-state index >= 15 is 0 Å². The van der Waals surface area contributed by atoms with Crippen LogP contribution >= 0.6 is 11.6 Å². The van der Waals surface area contributed by atoms with Gasteiger partial charge >= 0.3 is 0 Å². The third kappa shape index (κ3) is 3.32. The minimum atomic E-state index is -0.331. The van der Waals surface area contributed by atoms with Crippen molar-refractivity contribution < 1.29 is 18.7 Å². The summed E-state index contributed by atoms with van der Waals surface area (Å²) in [4.78, 5) is 14.8. The number of amides is 1. The Morgan fingerprint density at radius 1 is 1.08 bits per heavy atom. The monoisotopic (exact) mass is 361 g/mol. The lowest BCUT2D eigenvalue weighted by molar-refractivity contribution is -0.100. The first-order valence-corrected chi connectivity index (χ1v) is 9.01. The number of hydrogen-bond acceptors (Lipinski definition) is 4. The number of ether oxygens (including phenoxy) is 2. The molecule has 6 heteroatoms. The maximum atomic E-state index is 13.0. The number of carbonyl (C=O) groups excluding carboxylic acids is 1. The summed E-state index contributed by atoms with van der Waals surface area (Å²) in [6.07, 6.45) is 2.60. The molecule has 132 valence electrons. The minimum absolute atomic E-state index is 0.0578. The third-order valence-corrected chi connectivity index (χ3v) is 5.06. The second kappa shape index (κ2) is 7.20. The van der Waals surface area contributed by atoms with Gasteiger partial charge in [-0.25, -0.2) is 0 Å². The molecule has 4 rings (SSSR count). The first-order chi connectivity index (χ1) is 12.2. The van der Waals surface area contributed by atoms with E-state index in [0.717, 1.165) is 24.8 Å². The molecule has 1 aromatic heterocycles. The smallest absolute Gasteiger partial charge is 0.290 e. The Balaban J connectivity index is 1.56. The highest BCUT2D eigenvalue weighted by molar-refractivity contribution is 6.33. The summed E-state index contributed by atoms with van der Waals surface area (Å²) >= 11 is 6.22. The van der Waals surface area contributed by atoms with E-state index in [0.29, 0.717) is 36.3 Å². The number of halogens is 1. The van der Waals surface area contributed by atoms with Crippen LogP contribution in [0.5, 0.6) is 0 Å². The highest BCUT2D eigenvalue weighted by atomic mass is 35.5. The topological polar surface area (TPSA) is 51.9 Å². The van der Waals surface area contributed by atoms with Crippen LogP contribution in [0.3, 0.4) is 0 Å². The summed E-state index contributed by atoms with van der Waals surface area (Å²) < 4.78 is 17.1. The molecule has 1 aromatic carbocycles. The SMILES string of the molecule is O=C(c1ccc(-c2ccccc2Cl)o1)N1CCCCC1C1OCCO1. The molecule has 2 aliphatic heterocycles. The molecule has 0 aliphatic carbocycles. The third-order valence-electron chi connectivity index (χ3n) is 4.73. The van der Waals surface area contributed by atoms with E-state index in [1.165, 1.54) is 0 Å². The fourth-order valence-corrected chi connectivity index (χ4v) is 3.72. The Morgan fingerprint density at radius 2 is 1.88 bits per heavy atom. The molecular weight excluding hydrogens is 342 g/mol. The van der Waals surface area contributed by atoms with Gasteiger partial charge in [0.2, 0.25) is 0 Å².